The lowest BCUT2D eigenvalue weighted by molar-refractivity contribution is 0.0950. The Hall–Kier alpha value is -3.28. The van der Waals surface area contributed by atoms with Gasteiger partial charge in [-0.2, -0.15) is 10.2 Å². The second-order valence-electron chi connectivity index (χ2n) is 5.47. The van der Waals surface area contributed by atoms with Crippen molar-refractivity contribution in [2.75, 3.05) is 0 Å². The molecule has 0 aliphatic rings. The Kier molecular flexibility index (Phi) is 4.99. The Bertz CT molecular complexity index is 883. The molecule has 3 rings (SSSR count). The Morgan fingerprint density at radius 3 is 2.60 bits per heavy atom. The summed E-state index contributed by atoms with van der Waals surface area (Å²) in [6.07, 6.45) is 2.42. The molecule has 1 aromatic heterocycles. The predicted octanol–water partition coefficient (Wildman–Crippen LogP) is 3.54. The molecular formula is C19H17FN4O. The van der Waals surface area contributed by atoms with Crippen LogP contribution in [0.2, 0.25) is 0 Å². The van der Waals surface area contributed by atoms with Crippen molar-refractivity contribution < 1.29 is 9.18 Å². The summed E-state index contributed by atoms with van der Waals surface area (Å²) in [6.45, 7) is 2.10. The smallest absolute Gasteiger partial charge is 0.272 e. The number of carbonyl (C=O) groups excluding carboxylic acids is 1. The minimum Gasteiger partial charge on any atom is -0.272 e. The van der Waals surface area contributed by atoms with Crippen LogP contribution in [0.1, 0.15) is 28.5 Å². The molecule has 1 amide bonds. The van der Waals surface area contributed by atoms with Crippen LogP contribution in [0.4, 0.5) is 4.39 Å². The Morgan fingerprint density at radius 1 is 1.20 bits per heavy atom. The summed E-state index contributed by atoms with van der Waals surface area (Å²) in [5.74, 6) is -0.722. The van der Waals surface area contributed by atoms with E-state index in [-0.39, 0.29) is 5.82 Å². The lowest BCUT2D eigenvalue weighted by Crippen LogP contribution is -2.17. The number of aromatic nitrogens is 2. The van der Waals surface area contributed by atoms with E-state index in [4.69, 9.17) is 0 Å². The number of nitrogens with one attached hydrogen (secondary N) is 2. The maximum Gasteiger partial charge on any atom is 0.289 e. The standard InChI is InChI=1S/C19H17FN4O/c1-2-13-3-7-15(8-4-13)17-11-18(23-22-17)19(25)24-21-12-14-5-9-16(20)10-6-14/h3-12H,2H2,1H3,(H,22,23)(H,24,25). The van der Waals surface area contributed by atoms with E-state index in [1.165, 1.54) is 23.9 Å². The lowest BCUT2D eigenvalue weighted by atomic mass is 10.1. The third-order valence-electron chi connectivity index (χ3n) is 3.73. The molecule has 2 aromatic carbocycles. The van der Waals surface area contributed by atoms with E-state index in [0.717, 1.165) is 12.0 Å². The number of rotatable bonds is 5. The van der Waals surface area contributed by atoms with Gasteiger partial charge in [0.1, 0.15) is 11.5 Å². The third-order valence-corrected chi connectivity index (χ3v) is 3.73. The van der Waals surface area contributed by atoms with Crippen LogP contribution in [-0.2, 0) is 6.42 Å². The van der Waals surface area contributed by atoms with Crippen molar-refractivity contribution in [1.82, 2.24) is 15.6 Å². The number of hydrogen-bond acceptors (Lipinski definition) is 3. The number of amides is 1. The normalized spacial score (nSPS) is 11.0. The van der Waals surface area contributed by atoms with Crippen molar-refractivity contribution in [2.45, 2.75) is 13.3 Å². The molecule has 0 unspecified atom stereocenters. The number of benzene rings is 2. The van der Waals surface area contributed by atoms with E-state index in [1.54, 1.807) is 18.2 Å². The molecular weight excluding hydrogens is 319 g/mol. The third kappa shape index (κ3) is 4.17. The average molecular weight is 336 g/mol. The van der Waals surface area contributed by atoms with Gasteiger partial charge in [-0.25, -0.2) is 9.82 Å². The highest BCUT2D eigenvalue weighted by Gasteiger charge is 2.10. The summed E-state index contributed by atoms with van der Waals surface area (Å²) in [4.78, 5) is 12.1. The Labute approximate surface area is 144 Å². The molecule has 1 heterocycles. The summed E-state index contributed by atoms with van der Waals surface area (Å²) >= 11 is 0. The second-order valence-corrected chi connectivity index (χ2v) is 5.47. The van der Waals surface area contributed by atoms with Gasteiger partial charge >= 0.3 is 0 Å². The van der Waals surface area contributed by atoms with Gasteiger partial charge in [0.25, 0.3) is 5.91 Å². The van der Waals surface area contributed by atoms with E-state index >= 15 is 0 Å². The highest BCUT2D eigenvalue weighted by molar-refractivity contribution is 5.94. The molecule has 0 spiro atoms. The molecule has 0 radical (unpaired) electrons. The first-order chi connectivity index (χ1) is 12.2. The summed E-state index contributed by atoms with van der Waals surface area (Å²) in [5, 5.41) is 10.7. The van der Waals surface area contributed by atoms with Crippen LogP contribution in [-0.4, -0.2) is 22.3 Å². The van der Waals surface area contributed by atoms with Gasteiger partial charge in [0.15, 0.2) is 0 Å². The molecule has 0 saturated heterocycles. The maximum atomic E-state index is 12.8. The SMILES string of the molecule is CCc1ccc(-c2cc(C(=O)NN=Cc3ccc(F)cc3)[nH]n2)cc1. The Balaban J connectivity index is 1.64. The fourth-order valence-electron chi connectivity index (χ4n) is 2.27. The van der Waals surface area contributed by atoms with Crippen molar-refractivity contribution in [2.24, 2.45) is 5.10 Å². The summed E-state index contributed by atoms with van der Waals surface area (Å²) in [6, 6.07) is 15.5. The van der Waals surface area contributed by atoms with Crippen molar-refractivity contribution in [3.05, 3.63) is 77.2 Å². The van der Waals surface area contributed by atoms with Crippen LogP contribution >= 0.6 is 0 Å². The predicted molar refractivity (Wildman–Crippen MR) is 94.9 cm³/mol. The molecule has 126 valence electrons. The van der Waals surface area contributed by atoms with Gasteiger partial charge < -0.3 is 0 Å². The summed E-state index contributed by atoms with van der Waals surface area (Å²) in [5.41, 5.74) is 6.27. The van der Waals surface area contributed by atoms with E-state index < -0.39 is 5.91 Å². The van der Waals surface area contributed by atoms with Crippen molar-refractivity contribution >= 4 is 12.1 Å². The first-order valence-corrected chi connectivity index (χ1v) is 7.89. The van der Waals surface area contributed by atoms with Gasteiger partial charge in [-0.05, 0) is 35.7 Å². The molecule has 6 heteroatoms. The number of aromatic amines is 1. The van der Waals surface area contributed by atoms with Gasteiger partial charge in [0, 0.05) is 5.56 Å². The number of hydrogen-bond donors (Lipinski definition) is 2. The molecule has 3 aromatic rings. The van der Waals surface area contributed by atoms with Crippen molar-refractivity contribution in [1.29, 1.82) is 0 Å². The van der Waals surface area contributed by atoms with Crippen LogP contribution in [0, 0.1) is 5.82 Å². The first kappa shape index (κ1) is 16.6. The van der Waals surface area contributed by atoms with E-state index in [0.29, 0.717) is 17.0 Å². The zero-order valence-electron chi connectivity index (χ0n) is 13.7. The monoisotopic (exact) mass is 336 g/mol. The zero-order chi connectivity index (χ0) is 17.6. The Morgan fingerprint density at radius 2 is 1.92 bits per heavy atom. The highest BCUT2D eigenvalue weighted by atomic mass is 19.1. The number of halogens is 1. The molecule has 0 aliphatic heterocycles. The molecule has 0 fully saturated rings. The van der Waals surface area contributed by atoms with E-state index in [2.05, 4.69) is 27.6 Å². The summed E-state index contributed by atoms with van der Waals surface area (Å²) in [7, 11) is 0. The largest absolute Gasteiger partial charge is 0.289 e. The number of H-pyrrole nitrogens is 1. The fourth-order valence-corrected chi connectivity index (χ4v) is 2.27. The van der Waals surface area contributed by atoms with Gasteiger partial charge in [0.2, 0.25) is 0 Å². The molecule has 5 nitrogen and oxygen atoms in total. The van der Waals surface area contributed by atoms with Crippen LogP contribution in [0.5, 0.6) is 0 Å². The summed E-state index contributed by atoms with van der Waals surface area (Å²) < 4.78 is 12.8. The van der Waals surface area contributed by atoms with Crippen LogP contribution in [0.15, 0.2) is 59.7 Å². The maximum absolute atomic E-state index is 12.8. The van der Waals surface area contributed by atoms with Crippen molar-refractivity contribution in [3.63, 3.8) is 0 Å². The zero-order valence-corrected chi connectivity index (χ0v) is 13.7. The van der Waals surface area contributed by atoms with Gasteiger partial charge in [-0.3, -0.25) is 9.89 Å². The number of nitrogens with zero attached hydrogens (tertiary/aromatic N) is 2. The number of carbonyl (C=O) groups is 1. The number of hydrazone groups is 1. The molecule has 0 saturated carbocycles. The highest BCUT2D eigenvalue weighted by Crippen LogP contribution is 2.18. The van der Waals surface area contributed by atoms with E-state index in [1.807, 2.05) is 24.3 Å². The van der Waals surface area contributed by atoms with Crippen LogP contribution in [0.3, 0.4) is 0 Å². The first-order valence-electron chi connectivity index (χ1n) is 7.89. The minimum atomic E-state index is -0.401. The molecule has 0 bridgehead atoms. The van der Waals surface area contributed by atoms with Gasteiger partial charge in [-0.1, -0.05) is 43.3 Å². The van der Waals surface area contributed by atoms with Gasteiger partial charge in [-0.15, -0.1) is 0 Å². The van der Waals surface area contributed by atoms with Crippen LogP contribution < -0.4 is 5.43 Å². The quantitative estimate of drug-likeness (QED) is 0.553. The second kappa shape index (κ2) is 7.53. The lowest BCUT2D eigenvalue weighted by Gasteiger charge is -1.98. The molecule has 0 aliphatic carbocycles. The van der Waals surface area contributed by atoms with Gasteiger partial charge in [0.05, 0.1) is 11.9 Å². The average Bonchev–Trinajstić information content (AvgIpc) is 3.13. The van der Waals surface area contributed by atoms with E-state index in [9.17, 15) is 9.18 Å². The molecule has 25 heavy (non-hydrogen) atoms. The topological polar surface area (TPSA) is 70.1 Å². The minimum absolute atomic E-state index is 0.311. The molecule has 0 atom stereocenters. The van der Waals surface area contributed by atoms with Crippen LogP contribution in [0.25, 0.3) is 11.3 Å². The molecule has 2 N–H and O–H groups in total. The fraction of sp³-hybridized carbons (Fsp3) is 0.105. The van der Waals surface area contributed by atoms with Crippen molar-refractivity contribution in [3.8, 4) is 11.3 Å². The number of aryl methyl sites for hydroxylation is 1.